The number of hydrogen-bond donors (Lipinski definition) is 3. The lowest BCUT2D eigenvalue weighted by molar-refractivity contribution is 0.0929. The van der Waals surface area contributed by atoms with Crippen LogP contribution in [0.4, 0.5) is 22.4 Å². The number of carbonyl (C=O) groups is 1. The molecule has 8 nitrogen and oxygen atoms in total. The van der Waals surface area contributed by atoms with Crippen molar-refractivity contribution >= 4 is 34.5 Å². The fourth-order valence-electron chi connectivity index (χ4n) is 3.54. The fraction of sp³-hybridized carbons (Fsp3) is 0.150. The normalized spacial score (nSPS) is 15.7. The summed E-state index contributed by atoms with van der Waals surface area (Å²) in [5.41, 5.74) is 14.1. The lowest BCUT2D eigenvalue weighted by Gasteiger charge is -2.30. The Morgan fingerprint density at radius 1 is 1.11 bits per heavy atom. The number of carbonyl (C=O) groups excluding carboxylic acids is 1. The summed E-state index contributed by atoms with van der Waals surface area (Å²) in [7, 11) is 1.26. The van der Waals surface area contributed by atoms with E-state index in [0.29, 0.717) is 22.8 Å². The zero-order valence-electron chi connectivity index (χ0n) is 15.4. The molecule has 1 aromatic heterocycles. The highest BCUT2D eigenvalue weighted by atomic mass is 16.7. The monoisotopic (exact) mass is 377 g/mol. The number of nitrogen functional groups attached to an aromatic ring is 2. The van der Waals surface area contributed by atoms with Gasteiger partial charge in [0.2, 0.25) is 5.95 Å². The van der Waals surface area contributed by atoms with Gasteiger partial charge in [0.15, 0.2) is 0 Å². The average molecular weight is 377 g/mol. The van der Waals surface area contributed by atoms with Crippen molar-refractivity contribution in [3.63, 3.8) is 0 Å². The number of nitrogens with one attached hydrogen (secondary N) is 1. The molecule has 142 valence electrons. The molecule has 2 heterocycles. The summed E-state index contributed by atoms with van der Waals surface area (Å²) in [5, 5.41) is 5.15. The minimum atomic E-state index is -0.820. The molecule has 1 atom stereocenters. The maximum absolute atomic E-state index is 11.9. The molecule has 5 N–H and O–H groups in total. The van der Waals surface area contributed by atoms with E-state index < -0.39 is 12.1 Å². The van der Waals surface area contributed by atoms with Gasteiger partial charge in [0.25, 0.3) is 0 Å². The Kier molecular flexibility index (Phi) is 4.23. The standard InChI is InChI=1S/C20H19N5O3/c1-10-16(28-20(26)27-2)14(15-17(21)24-19(22)25-18(15)23-10)13-9-5-7-11-6-3-4-8-12(11)13/h3-9,14H,1-2H3,(H5,21,22,23,24,25). The summed E-state index contributed by atoms with van der Waals surface area (Å²) in [5.74, 6) is 0.618. The Morgan fingerprint density at radius 2 is 1.86 bits per heavy atom. The minimum Gasteiger partial charge on any atom is -0.437 e. The molecule has 2 aromatic carbocycles. The number of ether oxygens (including phenoxy) is 2. The summed E-state index contributed by atoms with van der Waals surface area (Å²) in [6, 6.07) is 13.9. The van der Waals surface area contributed by atoms with Crippen LogP contribution >= 0.6 is 0 Å². The predicted molar refractivity (Wildman–Crippen MR) is 106 cm³/mol. The first-order valence-electron chi connectivity index (χ1n) is 8.63. The quantitative estimate of drug-likeness (QED) is 0.581. The maximum atomic E-state index is 11.9. The van der Waals surface area contributed by atoms with Crippen LogP contribution in [0.3, 0.4) is 0 Å². The molecule has 0 saturated heterocycles. The highest BCUT2D eigenvalue weighted by Gasteiger charge is 2.35. The number of nitrogens with zero attached hydrogens (tertiary/aromatic N) is 2. The Bertz CT molecular complexity index is 1120. The predicted octanol–water partition coefficient (Wildman–Crippen LogP) is 3.37. The molecule has 0 fully saturated rings. The highest BCUT2D eigenvalue weighted by Crippen LogP contribution is 2.45. The van der Waals surface area contributed by atoms with Crippen LogP contribution in [-0.2, 0) is 9.47 Å². The van der Waals surface area contributed by atoms with Gasteiger partial charge in [0.05, 0.1) is 24.3 Å². The fourth-order valence-corrected chi connectivity index (χ4v) is 3.54. The number of nitrogens with two attached hydrogens (primary N) is 2. The molecule has 0 amide bonds. The topological polar surface area (TPSA) is 125 Å². The summed E-state index contributed by atoms with van der Waals surface area (Å²) < 4.78 is 10.2. The van der Waals surface area contributed by atoms with Crippen molar-refractivity contribution in [1.82, 2.24) is 9.97 Å². The maximum Gasteiger partial charge on any atom is 0.513 e. The second-order valence-corrected chi connectivity index (χ2v) is 6.40. The molecular formula is C20H19N5O3. The van der Waals surface area contributed by atoms with E-state index >= 15 is 0 Å². The Morgan fingerprint density at radius 3 is 2.64 bits per heavy atom. The third kappa shape index (κ3) is 2.84. The van der Waals surface area contributed by atoms with Crippen molar-refractivity contribution in [3.05, 3.63) is 65.0 Å². The molecule has 0 aliphatic carbocycles. The second-order valence-electron chi connectivity index (χ2n) is 6.40. The third-order valence-corrected chi connectivity index (χ3v) is 4.71. The molecular weight excluding hydrogens is 358 g/mol. The van der Waals surface area contributed by atoms with Crippen molar-refractivity contribution in [3.8, 4) is 0 Å². The average Bonchev–Trinajstić information content (AvgIpc) is 2.68. The molecule has 0 bridgehead atoms. The van der Waals surface area contributed by atoms with E-state index in [0.717, 1.165) is 16.3 Å². The molecule has 28 heavy (non-hydrogen) atoms. The van der Waals surface area contributed by atoms with E-state index in [1.54, 1.807) is 6.92 Å². The highest BCUT2D eigenvalue weighted by molar-refractivity contribution is 5.88. The van der Waals surface area contributed by atoms with Crippen molar-refractivity contribution < 1.29 is 14.3 Å². The van der Waals surface area contributed by atoms with Crippen molar-refractivity contribution in [2.75, 3.05) is 23.9 Å². The number of fused-ring (bicyclic) bond motifs is 2. The number of anilines is 3. The largest absolute Gasteiger partial charge is 0.513 e. The zero-order chi connectivity index (χ0) is 19.8. The van der Waals surface area contributed by atoms with E-state index in [1.807, 2.05) is 42.5 Å². The molecule has 0 radical (unpaired) electrons. The zero-order valence-corrected chi connectivity index (χ0v) is 15.4. The lowest BCUT2D eigenvalue weighted by Crippen LogP contribution is -2.24. The van der Waals surface area contributed by atoms with Gasteiger partial charge < -0.3 is 26.3 Å². The van der Waals surface area contributed by atoms with Gasteiger partial charge in [0.1, 0.15) is 17.4 Å². The van der Waals surface area contributed by atoms with Crippen LogP contribution in [0.5, 0.6) is 0 Å². The summed E-state index contributed by atoms with van der Waals surface area (Å²) in [6.07, 6.45) is -0.820. The molecule has 8 heteroatoms. The van der Waals surface area contributed by atoms with Crippen molar-refractivity contribution in [1.29, 1.82) is 0 Å². The number of rotatable bonds is 2. The summed E-state index contributed by atoms with van der Waals surface area (Å²) in [6.45, 7) is 1.79. The van der Waals surface area contributed by atoms with E-state index in [9.17, 15) is 4.79 Å². The number of aromatic nitrogens is 2. The van der Waals surface area contributed by atoms with Gasteiger partial charge >= 0.3 is 6.16 Å². The molecule has 3 aromatic rings. The Labute approximate surface area is 161 Å². The third-order valence-electron chi connectivity index (χ3n) is 4.71. The van der Waals surface area contributed by atoms with Gasteiger partial charge in [-0.25, -0.2) is 4.79 Å². The van der Waals surface area contributed by atoms with E-state index in [-0.39, 0.29) is 11.8 Å². The Balaban J connectivity index is 2.01. The van der Waals surface area contributed by atoms with Gasteiger partial charge in [0, 0.05) is 0 Å². The van der Waals surface area contributed by atoms with Crippen LogP contribution in [0.25, 0.3) is 10.8 Å². The molecule has 0 spiro atoms. The van der Waals surface area contributed by atoms with Crippen LogP contribution in [0.1, 0.15) is 24.0 Å². The number of allylic oxidation sites excluding steroid dienone is 2. The lowest BCUT2D eigenvalue weighted by atomic mass is 9.84. The molecule has 1 unspecified atom stereocenters. The molecule has 1 aliphatic heterocycles. The first-order chi connectivity index (χ1) is 13.5. The SMILES string of the molecule is COC(=O)OC1=C(C)Nc2nc(N)nc(N)c2C1c1cccc2ccccc12. The Hall–Kier alpha value is -3.81. The number of methoxy groups -OCH3 is 1. The van der Waals surface area contributed by atoms with Crippen molar-refractivity contribution in [2.45, 2.75) is 12.8 Å². The van der Waals surface area contributed by atoms with E-state index in [2.05, 4.69) is 15.3 Å². The van der Waals surface area contributed by atoms with E-state index in [4.69, 9.17) is 20.9 Å². The minimum absolute atomic E-state index is 0.0607. The van der Waals surface area contributed by atoms with Gasteiger partial charge in [-0.3, -0.25) is 0 Å². The van der Waals surface area contributed by atoms with Crippen LogP contribution in [0.2, 0.25) is 0 Å². The molecule has 4 rings (SSSR count). The first-order valence-corrected chi connectivity index (χ1v) is 8.63. The van der Waals surface area contributed by atoms with Gasteiger partial charge in [-0.15, -0.1) is 0 Å². The van der Waals surface area contributed by atoms with Crippen LogP contribution in [0.15, 0.2) is 53.9 Å². The smallest absolute Gasteiger partial charge is 0.437 e. The summed E-state index contributed by atoms with van der Waals surface area (Å²) in [4.78, 5) is 20.3. The number of benzene rings is 2. The van der Waals surface area contributed by atoms with Crippen LogP contribution in [-0.4, -0.2) is 23.2 Å². The van der Waals surface area contributed by atoms with Crippen molar-refractivity contribution in [2.24, 2.45) is 0 Å². The number of hydrogen-bond acceptors (Lipinski definition) is 8. The molecule has 0 saturated carbocycles. The van der Waals surface area contributed by atoms with Gasteiger partial charge in [-0.2, -0.15) is 9.97 Å². The summed E-state index contributed by atoms with van der Waals surface area (Å²) >= 11 is 0. The second kappa shape index (κ2) is 6.73. The van der Waals surface area contributed by atoms with Gasteiger partial charge in [-0.1, -0.05) is 42.5 Å². The van der Waals surface area contributed by atoms with E-state index in [1.165, 1.54) is 7.11 Å². The molecule has 1 aliphatic rings. The first kappa shape index (κ1) is 17.6. The van der Waals surface area contributed by atoms with Crippen LogP contribution in [0, 0.1) is 0 Å². The van der Waals surface area contributed by atoms with Crippen LogP contribution < -0.4 is 16.8 Å². The van der Waals surface area contributed by atoms with Gasteiger partial charge in [-0.05, 0) is 23.3 Å².